The van der Waals surface area contributed by atoms with Gasteiger partial charge in [-0.2, -0.15) is 0 Å². The van der Waals surface area contributed by atoms with Crippen molar-refractivity contribution < 1.29 is 4.74 Å². The van der Waals surface area contributed by atoms with Crippen molar-refractivity contribution in [1.82, 2.24) is 0 Å². The second kappa shape index (κ2) is 4.14. The molecule has 0 aliphatic carbocycles. The molecule has 1 aliphatic rings. The molecule has 0 N–H and O–H groups in total. The Kier molecular flexibility index (Phi) is 3.43. The first-order valence-corrected chi connectivity index (χ1v) is 4.76. The Balaban J connectivity index is 2.34. The fourth-order valence-electron chi connectivity index (χ4n) is 1.13. The van der Waals surface area contributed by atoms with Crippen LogP contribution in [0.15, 0.2) is 11.6 Å². The lowest BCUT2D eigenvalue weighted by molar-refractivity contribution is 0.191. The van der Waals surface area contributed by atoms with Crippen molar-refractivity contribution in [3.8, 4) is 0 Å². The van der Waals surface area contributed by atoms with Crippen LogP contribution in [0.5, 0.6) is 0 Å². The average Bonchev–Trinajstić information content (AvgIpc) is 2.40. The van der Waals surface area contributed by atoms with E-state index in [1.54, 1.807) is 0 Å². The maximum atomic E-state index is 5.24. The molecule has 0 aromatic carbocycles. The molecule has 1 atom stereocenters. The zero-order valence-electron chi connectivity index (χ0n) is 6.27. The van der Waals surface area contributed by atoms with Crippen LogP contribution in [-0.4, -0.2) is 18.5 Å². The third-order valence-corrected chi connectivity index (χ3v) is 2.58. The minimum absolute atomic E-state index is 0.678. The molecule has 1 rings (SSSR count). The first-order valence-electron chi connectivity index (χ1n) is 3.64. The second-order valence-corrected chi connectivity index (χ2v) is 3.33. The van der Waals surface area contributed by atoms with Gasteiger partial charge < -0.3 is 4.74 Å². The van der Waals surface area contributed by atoms with Crippen molar-refractivity contribution in [2.75, 3.05) is 18.5 Å². The quantitative estimate of drug-likeness (QED) is 0.496. The summed E-state index contributed by atoms with van der Waals surface area (Å²) in [7, 11) is 0. The largest absolute Gasteiger partial charge is 0.381 e. The lowest BCUT2D eigenvalue weighted by Crippen LogP contribution is -1.95. The van der Waals surface area contributed by atoms with E-state index in [2.05, 4.69) is 28.9 Å². The summed E-state index contributed by atoms with van der Waals surface area (Å²) < 4.78 is 5.24. The highest BCUT2D eigenvalue weighted by Gasteiger charge is 2.12. The van der Waals surface area contributed by atoms with Crippen LogP contribution in [0.25, 0.3) is 0 Å². The molecule has 1 saturated heterocycles. The van der Waals surface area contributed by atoms with Crippen molar-refractivity contribution in [3.05, 3.63) is 11.6 Å². The van der Waals surface area contributed by atoms with E-state index in [1.165, 1.54) is 12.0 Å². The summed E-state index contributed by atoms with van der Waals surface area (Å²) in [4.78, 5) is 0. The molecule has 0 spiro atoms. The minimum atomic E-state index is 0.678. The van der Waals surface area contributed by atoms with Crippen LogP contribution in [0.2, 0.25) is 0 Å². The van der Waals surface area contributed by atoms with E-state index in [9.17, 15) is 0 Å². The van der Waals surface area contributed by atoms with Crippen molar-refractivity contribution in [2.45, 2.75) is 13.3 Å². The predicted molar refractivity (Wildman–Crippen MR) is 46.5 cm³/mol. The summed E-state index contributed by atoms with van der Waals surface area (Å²) in [5, 5.41) is 0.990. The van der Waals surface area contributed by atoms with E-state index in [-0.39, 0.29) is 0 Å². The Morgan fingerprint density at radius 3 is 3.10 bits per heavy atom. The van der Waals surface area contributed by atoms with Crippen LogP contribution < -0.4 is 0 Å². The van der Waals surface area contributed by atoms with E-state index in [0.717, 1.165) is 18.5 Å². The molecule has 0 bridgehead atoms. The summed E-state index contributed by atoms with van der Waals surface area (Å²) in [5.41, 5.74) is 1.41. The summed E-state index contributed by atoms with van der Waals surface area (Å²) in [6, 6.07) is 0. The van der Waals surface area contributed by atoms with Crippen LogP contribution in [0, 0.1) is 5.92 Å². The zero-order valence-corrected chi connectivity index (χ0v) is 7.86. The summed E-state index contributed by atoms with van der Waals surface area (Å²) in [6.07, 6.45) is 3.51. The van der Waals surface area contributed by atoms with E-state index < -0.39 is 0 Å². The number of halogens is 1. The Labute approximate surface area is 70.6 Å². The van der Waals surface area contributed by atoms with E-state index in [0.29, 0.717) is 5.92 Å². The van der Waals surface area contributed by atoms with Crippen molar-refractivity contribution in [1.29, 1.82) is 0 Å². The number of hydrogen-bond donors (Lipinski definition) is 0. The number of ether oxygens (including phenoxy) is 1. The number of rotatable bonds is 2. The fraction of sp³-hybridized carbons (Fsp3) is 0.750. The maximum Gasteiger partial charge on any atom is 0.0529 e. The SMILES string of the molecule is C/C(=C\C1CCOC1)CBr. The lowest BCUT2D eigenvalue weighted by Gasteiger charge is -2.00. The summed E-state index contributed by atoms with van der Waals surface area (Å²) in [5.74, 6) is 0.678. The van der Waals surface area contributed by atoms with Gasteiger partial charge in [0.05, 0.1) is 6.61 Å². The third kappa shape index (κ3) is 2.43. The average molecular weight is 205 g/mol. The lowest BCUT2D eigenvalue weighted by atomic mass is 10.1. The Hall–Kier alpha value is 0.180. The van der Waals surface area contributed by atoms with Crippen LogP contribution in [-0.2, 0) is 4.74 Å². The molecule has 0 radical (unpaired) electrons. The summed E-state index contributed by atoms with van der Waals surface area (Å²) >= 11 is 3.41. The molecular formula is C8H13BrO. The van der Waals surface area contributed by atoms with Gasteiger partial charge >= 0.3 is 0 Å². The van der Waals surface area contributed by atoms with Gasteiger partial charge in [0.25, 0.3) is 0 Å². The van der Waals surface area contributed by atoms with Crippen LogP contribution in [0.1, 0.15) is 13.3 Å². The molecule has 0 aromatic rings. The van der Waals surface area contributed by atoms with Crippen molar-refractivity contribution in [3.63, 3.8) is 0 Å². The van der Waals surface area contributed by atoms with Gasteiger partial charge in [-0.15, -0.1) is 0 Å². The normalized spacial score (nSPS) is 27.4. The molecule has 1 heterocycles. The molecule has 2 heteroatoms. The monoisotopic (exact) mass is 204 g/mol. The molecule has 0 saturated carbocycles. The third-order valence-electron chi connectivity index (χ3n) is 1.70. The summed E-state index contributed by atoms with van der Waals surface area (Å²) in [6.45, 7) is 4.01. The van der Waals surface area contributed by atoms with Gasteiger partial charge in [-0.25, -0.2) is 0 Å². The molecule has 1 fully saturated rings. The molecule has 0 amide bonds. The fourth-order valence-corrected chi connectivity index (χ4v) is 1.32. The van der Waals surface area contributed by atoms with Crippen molar-refractivity contribution >= 4 is 15.9 Å². The van der Waals surface area contributed by atoms with Crippen molar-refractivity contribution in [2.24, 2.45) is 5.92 Å². The molecule has 10 heavy (non-hydrogen) atoms. The number of hydrogen-bond acceptors (Lipinski definition) is 1. The maximum absolute atomic E-state index is 5.24. The van der Waals surface area contributed by atoms with E-state index in [1.807, 2.05) is 0 Å². The van der Waals surface area contributed by atoms with Gasteiger partial charge in [-0.3, -0.25) is 0 Å². The van der Waals surface area contributed by atoms with Gasteiger partial charge in [-0.05, 0) is 13.3 Å². The highest BCUT2D eigenvalue weighted by Crippen LogP contribution is 2.15. The predicted octanol–water partition coefficient (Wildman–Crippen LogP) is 2.36. The van der Waals surface area contributed by atoms with Gasteiger partial charge in [-0.1, -0.05) is 27.6 Å². The number of allylic oxidation sites excluding steroid dienone is 1. The van der Waals surface area contributed by atoms with E-state index >= 15 is 0 Å². The second-order valence-electron chi connectivity index (χ2n) is 2.77. The Morgan fingerprint density at radius 2 is 2.60 bits per heavy atom. The zero-order chi connectivity index (χ0) is 7.40. The highest BCUT2D eigenvalue weighted by atomic mass is 79.9. The molecule has 1 aliphatic heterocycles. The van der Waals surface area contributed by atoms with Gasteiger partial charge in [0.2, 0.25) is 0 Å². The molecule has 1 unspecified atom stereocenters. The van der Waals surface area contributed by atoms with Gasteiger partial charge in [0.15, 0.2) is 0 Å². The molecule has 1 nitrogen and oxygen atoms in total. The number of alkyl halides is 1. The van der Waals surface area contributed by atoms with Crippen LogP contribution in [0.4, 0.5) is 0 Å². The first-order chi connectivity index (χ1) is 4.83. The molecular weight excluding hydrogens is 192 g/mol. The first kappa shape index (κ1) is 8.28. The minimum Gasteiger partial charge on any atom is -0.381 e. The smallest absolute Gasteiger partial charge is 0.0529 e. The topological polar surface area (TPSA) is 9.23 Å². The highest BCUT2D eigenvalue weighted by molar-refractivity contribution is 9.09. The Bertz CT molecular complexity index is 125. The van der Waals surface area contributed by atoms with Gasteiger partial charge in [0, 0.05) is 17.9 Å². The van der Waals surface area contributed by atoms with E-state index in [4.69, 9.17) is 4.74 Å². The standard InChI is InChI=1S/C8H13BrO/c1-7(5-9)4-8-2-3-10-6-8/h4,8H,2-3,5-6H2,1H3/b7-4+. The molecule has 0 aromatic heterocycles. The Morgan fingerprint density at radius 1 is 1.80 bits per heavy atom. The van der Waals surface area contributed by atoms with Crippen LogP contribution >= 0.6 is 15.9 Å². The van der Waals surface area contributed by atoms with Gasteiger partial charge in [0.1, 0.15) is 0 Å². The van der Waals surface area contributed by atoms with Crippen LogP contribution in [0.3, 0.4) is 0 Å². The molecule has 58 valence electrons.